The third-order valence-electron chi connectivity index (χ3n) is 2.71. The molecule has 0 saturated heterocycles. The Morgan fingerprint density at radius 2 is 2.15 bits per heavy atom. The van der Waals surface area contributed by atoms with Crippen molar-refractivity contribution in [2.24, 2.45) is 11.7 Å². The van der Waals surface area contributed by atoms with Crippen LogP contribution in [0.3, 0.4) is 0 Å². The Hall–Kier alpha value is -0.0800. The van der Waals surface area contributed by atoms with Gasteiger partial charge in [-0.3, -0.25) is 0 Å². The molecule has 1 atom stereocenters. The molecule has 0 spiro atoms. The van der Waals surface area contributed by atoms with Crippen LogP contribution in [0.15, 0.2) is 0 Å². The molecular formula is C11H23NO. The van der Waals surface area contributed by atoms with Crippen LogP contribution in [0, 0.1) is 5.92 Å². The number of ether oxygens (including phenoxy) is 1. The van der Waals surface area contributed by atoms with E-state index >= 15 is 0 Å². The SMILES string of the molecule is CCOCCCC(N)CCC1CC1. The molecule has 0 amide bonds. The van der Waals surface area contributed by atoms with Crippen molar-refractivity contribution in [1.82, 2.24) is 0 Å². The summed E-state index contributed by atoms with van der Waals surface area (Å²) in [7, 11) is 0. The van der Waals surface area contributed by atoms with Crippen molar-refractivity contribution in [2.75, 3.05) is 13.2 Å². The fourth-order valence-electron chi connectivity index (χ4n) is 1.59. The van der Waals surface area contributed by atoms with E-state index in [0.717, 1.165) is 32.0 Å². The summed E-state index contributed by atoms with van der Waals surface area (Å²) in [5.41, 5.74) is 5.98. The Morgan fingerprint density at radius 3 is 2.77 bits per heavy atom. The normalized spacial score (nSPS) is 18.9. The molecule has 1 unspecified atom stereocenters. The van der Waals surface area contributed by atoms with Crippen LogP contribution in [0.25, 0.3) is 0 Å². The van der Waals surface area contributed by atoms with Gasteiger partial charge in [-0.25, -0.2) is 0 Å². The average Bonchev–Trinajstić information content (AvgIpc) is 2.92. The number of nitrogens with two attached hydrogens (primary N) is 1. The second-order valence-electron chi connectivity index (χ2n) is 4.12. The van der Waals surface area contributed by atoms with Crippen molar-refractivity contribution in [2.45, 2.75) is 51.5 Å². The summed E-state index contributed by atoms with van der Waals surface area (Å²) in [5, 5.41) is 0. The highest BCUT2D eigenvalue weighted by molar-refractivity contribution is 4.75. The van der Waals surface area contributed by atoms with Gasteiger partial charge in [0, 0.05) is 19.3 Å². The molecule has 0 aromatic carbocycles. The zero-order chi connectivity index (χ0) is 9.52. The highest BCUT2D eigenvalue weighted by atomic mass is 16.5. The summed E-state index contributed by atoms with van der Waals surface area (Å²) >= 11 is 0. The summed E-state index contributed by atoms with van der Waals surface area (Å²) in [6.45, 7) is 3.75. The lowest BCUT2D eigenvalue weighted by molar-refractivity contribution is 0.141. The molecule has 0 bridgehead atoms. The molecule has 2 N–H and O–H groups in total. The zero-order valence-electron chi connectivity index (χ0n) is 8.80. The van der Waals surface area contributed by atoms with Crippen molar-refractivity contribution in [3.63, 3.8) is 0 Å². The summed E-state index contributed by atoms with van der Waals surface area (Å²) in [5.74, 6) is 1.03. The van der Waals surface area contributed by atoms with Crippen LogP contribution < -0.4 is 5.73 Å². The third-order valence-corrected chi connectivity index (χ3v) is 2.71. The summed E-state index contributed by atoms with van der Waals surface area (Å²) < 4.78 is 5.27. The van der Waals surface area contributed by atoms with Gasteiger partial charge in [0.1, 0.15) is 0 Å². The molecule has 78 valence electrons. The Balaban J connectivity index is 1.81. The van der Waals surface area contributed by atoms with Gasteiger partial charge in [-0.2, -0.15) is 0 Å². The van der Waals surface area contributed by atoms with Gasteiger partial charge in [0.2, 0.25) is 0 Å². The molecule has 0 aromatic heterocycles. The first kappa shape index (κ1) is 11.0. The fraction of sp³-hybridized carbons (Fsp3) is 1.00. The quantitative estimate of drug-likeness (QED) is 0.589. The van der Waals surface area contributed by atoms with Gasteiger partial charge in [-0.1, -0.05) is 12.8 Å². The molecule has 0 heterocycles. The Morgan fingerprint density at radius 1 is 1.38 bits per heavy atom. The maximum absolute atomic E-state index is 5.98. The highest BCUT2D eigenvalue weighted by Crippen LogP contribution is 2.33. The molecule has 1 saturated carbocycles. The van der Waals surface area contributed by atoms with Gasteiger partial charge in [0.25, 0.3) is 0 Å². The second kappa shape index (κ2) is 6.39. The molecule has 1 rings (SSSR count). The van der Waals surface area contributed by atoms with Crippen LogP contribution in [0.2, 0.25) is 0 Å². The molecule has 0 aliphatic heterocycles. The summed E-state index contributed by atoms with van der Waals surface area (Å²) in [4.78, 5) is 0. The third kappa shape index (κ3) is 6.05. The van der Waals surface area contributed by atoms with Crippen LogP contribution in [0.4, 0.5) is 0 Å². The largest absolute Gasteiger partial charge is 0.382 e. The van der Waals surface area contributed by atoms with Crippen LogP contribution in [-0.4, -0.2) is 19.3 Å². The monoisotopic (exact) mass is 185 g/mol. The standard InChI is InChI=1S/C11H23NO/c1-2-13-9-3-4-11(12)8-7-10-5-6-10/h10-11H,2-9,12H2,1H3. The van der Waals surface area contributed by atoms with Gasteiger partial charge in [0.05, 0.1) is 0 Å². The summed E-state index contributed by atoms with van der Waals surface area (Å²) in [6.07, 6.45) is 7.73. The van der Waals surface area contributed by atoms with Crippen molar-refractivity contribution < 1.29 is 4.74 Å². The first-order valence-electron chi connectivity index (χ1n) is 5.66. The molecule has 0 radical (unpaired) electrons. The molecule has 1 aliphatic carbocycles. The highest BCUT2D eigenvalue weighted by Gasteiger charge is 2.21. The van der Waals surface area contributed by atoms with Gasteiger partial charge in [-0.15, -0.1) is 0 Å². The van der Waals surface area contributed by atoms with Gasteiger partial charge >= 0.3 is 0 Å². The Kier molecular flexibility index (Phi) is 5.40. The number of hydrogen-bond donors (Lipinski definition) is 1. The minimum absolute atomic E-state index is 0.418. The smallest absolute Gasteiger partial charge is 0.0466 e. The first-order chi connectivity index (χ1) is 6.33. The predicted molar refractivity (Wildman–Crippen MR) is 55.7 cm³/mol. The van der Waals surface area contributed by atoms with Crippen LogP contribution in [0.5, 0.6) is 0 Å². The van der Waals surface area contributed by atoms with Crippen molar-refractivity contribution in [1.29, 1.82) is 0 Å². The van der Waals surface area contributed by atoms with E-state index in [1.165, 1.54) is 25.7 Å². The molecule has 2 nitrogen and oxygen atoms in total. The van der Waals surface area contributed by atoms with Gasteiger partial charge < -0.3 is 10.5 Å². The van der Waals surface area contributed by atoms with Crippen molar-refractivity contribution in [3.05, 3.63) is 0 Å². The topological polar surface area (TPSA) is 35.2 Å². The first-order valence-corrected chi connectivity index (χ1v) is 5.66. The molecule has 2 heteroatoms. The predicted octanol–water partition coefficient (Wildman–Crippen LogP) is 2.32. The van der Waals surface area contributed by atoms with Crippen molar-refractivity contribution in [3.8, 4) is 0 Å². The van der Waals surface area contributed by atoms with E-state index in [0.29, 0.717) is 6.04 Å². The lowest BCUT2D eigenvalue weighted by Crippen LogP contribution is -2.20. The maximum Gasteiger partial charge on any atom is 0.0466 e. The molecule has 0 aromatic rings. The van der Waals surface area contributed by atoms with E-state index in [4.69, 9.17) is 10.5 Å². The van der Waals surface area contributed by atoms with Gasteiger partial charge in [0.15, 0.2) is 0 Å². The number of hydrogen-bond acceptors (Lipinski definition) is 2. The number of rotatable bonds is 8. The molecule has 13 heavy (non-hydrogen) atoms. The van der Waals surface area contributed by atoms with Crippen LogP contribution in [-0.2, 0) is 4.74 Å². The van der Waals surface area contributed by atoms with Crippen LogP contribution >= 0.6 is 0 Å². The molecular weight excluding hydrogens is 162 g/mol. The molecule has 1 aliphatic rings. The zero-order valence-corrected chi connectivity index (χ0v) is 8.80. The van der Waals surface area contributed by atoms with Crippen LogP contribution in [0.1, 0.15) is 45.4 Å². The van der Waals surface area contributed by atoms with E-state index < -0.39 is 0 Å². The minimum Gasteiger partial charge on any atom is -0.382 e. The Bertz CT molecular complexity index is 123. The van der Waals surface area contributed by atoms with E-state index in [1.807, 2.05) is 6.92 Å². The fourth-order valence-corrected chi connectivity index (χ4v) is 1.59. The lowest BCUT2D eigenvalue weighted by Gasteiger charge is -2.10. The second-order valence-corrected chi connectivity index (χ2v) is 4.12. The lowest BCUT2D eigenvalue weighted by atomic mass is 10.1. The molecule has 1 fully saturated rings. The van der Waals surface area contributed by atoms with E-state index in [-0.39, 0.29) is 0 Å². The van der Waals surface area contributed by atoms with Crippen molar-refractivity contribution >= 4 is 0 Å². The average molecular weight is 185 g/mol. The van der Waals surface area contributed by atoms with E-state index in [9.17, 15) is 0 Å². The van der Waals surface area contributed by atoms with E-state index in [2.05, 4.69) is 0 Å². The Labute approximate surface area is 81.8 Å². The maximum atomic E-state index is 5.98. The van der Waals surface area contributed by atoms with Gasteiger partial charge in [-0.05, 0) is 38.5 Å². The van der Waals surface area contributed by atoms with E-state index in [1.54, 1.807) is 0 Å². The summed E-state index contributed by atoms with van der Waals surface area (Å²) in [6, 6.07) is 0.418. The minimum atomic E-state index is 0.418.